The number of hydrogen-bond acceptors (Lipinski definition) is 4. The second kappa shape index (κ2) is 5.10. The second-order valence-corrected chi connectivity index (χ2v) is 4.56. The number of nitrogens with zero attached hydrogens (tertiary/aromatic N) is 1. The number of urea groups is 1. The van der Waals surface area contributed by atoms with E-state index in [1.807, 2.05) is 6.08 Å². The van der Waals surface area contributed by atoms with Crippen LogP contribution in [0.4, 0.5) is 4.79 Å². The summed E-state index contributed by atoms with van der Waals surface area (Å²) in [6, 6.07) is -0.305. The molecule has 0 saturated carbocycles. The molecule has 17 heavy (non-hydrogen) atoms. The van der Waals surface area contributed by atoms with Crippen molar-refractivity contribution in [1.29, 1.82) is 0 Å². The van der Waals surface area contributed by atoms with Crippen molar-refractivity contribution in [1.82, 2.24) is 10.2 Å². The van der Waals surface area contributed by atoms with Gasteiger partial charge in [-0.15, -0.1) is 0 Å². The predicted octanol–water partition coefficient (Wildman–Crippen LogP) is 0.573. The van der Waals surface area contributed by atoms with Gasteiger partial charge in [-0.1, -0.05) is 12.2 Å². The lowest BCUT2D eigenvalue weighted by molar-refractivity contribution is -0.134. The number of thiol groups is 1. The first kappa shape index (κ1) is 12.4. The number of rotatable bonds is 3. The van der Waals surface area contributed by atoms with Crippen LogP contribution in [0.1, 0.15) is 12.8 Å². The molecule has 1 spiro atoms. The monoisotopic (exact) mass is 256 g/mol. The molecule has 6 heteroatoms. The van der Waals surface area contributed by atoms with E-state index in [0.717, 1.165) is 0 Å². The molecule has 0 aromatic rings. The summed E-state index contributed by atoms with van der Waals surface area (Å²) in [5, 5.41) is 2.80. The molecule has 2 aliphatic rings. The first-order chi connectivity index (χ1) is 8.19. The summed E-state index contributed by atoms with van der Waals surface area (Å²) in [7, 11) is 0. The molecule has 2 fully saturated rings. The molecule has 94 valence electrons. The Labute approximate surface area is 106 Å². The molecule has 1 N–H and O–H groups in total. The van der Waals surface area contributed by atoms with Gasteiger partial charge in [0, 0.05) is 38.4 Å². The van der Waals surface area contributed by atoms with Crippen molar-refractivity contribution in [3.05, 3.63) is 12.2 Å². The summed E-state index contributed by atoms with van der Waals surface area (Å²) in [5.74, 6) is 0.470. The molecular formula is C11H16N2O3S. The number of carbonyl (C=O) groups excluding carboxylic acids is 2. The first-order valence-electron chi connectivity index (χ1n) is 5.67. The average Bonchev–Trinajstić information content (AvgIpc) is 2.55. The summed E-state index contributed by atoms with van der Waals surface area (Å²) in [5.41, 5.74) is -0.718. The van der Waals surface area contributed by atoms with Crippen LogP contribution in [0.5, 0.6) is 0 Å². The van der Waals surface area contributed by atoms with Gasteiger partial charge in [-0.05, 0) is 0 Å². The number of nitrogens with one attached hydrogen (secondary N) is 1. The summed E-state index contributed by atoms with van der Waals surface area (Å²) in [6.45, 7) is 1.35. The highest BCUT2D eigenvalue weighted by molar-refractivity contribution is 7.80. The molecule has 0 radical (unpaired) electrons. The van der Waals surface area contributed by atoms with E-state index >= 15 is 0 Å². The van der Waals surface area contributed by atoms with E-state index in [9.17, 15) is 9.59 Å². The van der Waals surface area contributed by atoms with Crippen LogP contribution in [0.25, 0.3) is 0 Å². The van der Waals surface area contributed by atoms with Gasteiger partial charge in [-0.3, -0.25) is 9.69 Å². The maximum absolute atomic E-state index is 12.2. The highest BCUT2D eigenvalue weighted by Crippen LogP contribution is 2.28. The van der Waals surface area contributed by atoms with E-state index in [1.165, 1.54) is 4.90 Å². The fourth-order valence-electron chi connectivity index (χ4n) is 2.16. The van der Waals surface area contributed by atoms with Gasteiger partial charge < -0.3 is 10.1 Å². The lowest BCUT2D eigenvalue weighted by atomic mass is 9.90. The van der Waals surface area contributed by atoms with Crippen molar-refractivity contribution in [2.24, 2.45) is 0 Å². The van der Waals surface area contributed by atoms with Gasteiger partial charge >= 0.3 is 6.03 Å². The molecule has 3 amide bonds. The van der Waals surface area contributed by atoms with Crippen LogP contribution in [0.15, 0.2) is 12.2 Å². The standard InChI is InChI=1S/C11H16N2O3S/c14-9-11(3-6-16-7-4-11)12-10(15)13(9)5-1-2-8-17/h1-2,17H,3-8H2,(H,12,15)/b2-1+. The van der Waals surface area contributed by atoms with Gasteiger partial charge in [0.1, 0.15) is 5.54 Å². The molecule has 2 rings (SSSR count). The number of carbonyl (C=O) groups is 2. The third-order valence-electron chi connectivity index (χ3n) is 3.15. The number of ether oxygens (including phenoxy) is 1. The minimum absolute atomic E-state index is 0.130. The van der Waals surface area contributed by atoms with Crippen LogP contribution in [0.3, 0.4) is 0 Å². The van der Waals surface area contributed by atoms with Gasteiger partial charge in [-0.2, -0.15) is 12.6 Å². The maximum atomic E-state index is 12.2. The molecule has 2 heterocycles. The van der Waals surface area contributed by atoms with Crippen molar-refractivity contribution >= 4 is 24.6 Å². The fraction of sp³-hybridized carbons (Fsp3) is 0.636. The maximum Gasteiger partial charge on any atom is 0.325 e. The highest BCUT2D eigenvalue weighted by Gasteiger charge is 2.51. The molecular weight excluding hydrogens is 240 g/mol. The van der Waals surface area contributed by atoms with Gasteiger partial charge in [0.2, 0.25) is 0 Å². The molecule has 2 saturated heterocycles. The Bertz CT molecular complexity index is 351. The molecule has 0 atom stereocenters. The smallest absolute Gasteiger partial charge is 0.325 e. The van der Waals surface area contributed by atoms with Crippen molar-refractivity contribution in [3.8, 4) is 0 Å². The van der Waals surface area contributed by atoms with Crippen LogP contribution in [-0.2, 0) is 9.53 Å². The Morgan fingerprint density at radius 2 is 2.06 bits per heavy atom. The molecule has 0 aromatic carbocycles. The minimum atomic E-state index is -0.718. The largest absolute Gasteiger partial charge is 0.381 e. The van der Waals surface area contributed by atoms with Crippen molar-refractivity contribution in [3.63, 3.8) is 0 Å². The number of hydrogen-bond donors (Lipinski definition) is 2. The lowest BCUT2D eigenvalue weighted by Gasteiger charge is -2.30. The van der Waals surface area contributed by atoms with E-state index < -0.39 is 5.54 Å². The van der Waals surface area contributed by atoms with E-state index in [2.05, 4.69) is 17.9 Å². The summed E-state index contributed by atoms with van der Waals surface area (Å²) < 4.78 is 5.23. The van der Waals surface area contributed by atoms with Crippen LogP contribution in [-0.4, -0.2) is 47.9 Å². The second-order valence-electron chi connectivity index (χ2n) is 4.19. The minimum Gasteiger partial charge on any atom is -0.381 e. The highest BCUT2D eigenvalue weighted by atomic mass is 32.1. The number of amides is 3. The van der Waals surface area contributed by atoms with Crippen molar-refractivity contribution in [2.75, 3.05) is 25.5 Å². The summed E-state index contributed by atoms with van der Waals surface area (Å²) >= 11 is 4.03. The normalized spacial score (nSPS) is 23.7. The zero-order chi connectivity index (χ0) is 12.3. The van der Waals surface area contributed by atoms with E-state index in [-0.39, 0.29) is 11.9 Å². The summed E-state index contributed by atoms with van der Waals surface area (Å²) in [6.07, 6.45) is 4.72. The van der Waals surface area contributed by atoms with Crippen LogP contribution < -0.4 is 5.32 Å². The van der Waals surface area contributed by atoms with E-state index in [0.29, 0.717) is 38.4 Å². The SMILES string of the molecule is O=C1NC2(CCOCC2)C(=O)N1C/C=C/CS. The average molecular weight is 256 g/mol. The first-order valence-corrected chi connectivity index (χ1v) is 6.30. The molecule has 5 nitrogen and oxygen atoms in total. The van der Waals surface area contributed by atoms with Crippen molar-refractivity contribution in [2.45, 2.75) is 18.4 Å². The Hall–Kier alpha value is -1.01. The van der Waals surface area contributed by atoms with Crippen LogP contribution in [0.2, 0.25) is 0 Å². The molecule has 0 aliphatic carbocycles. The molecule has 0 unspecified atom stereocenters. The Kier molecular flexibility index (Phi) is 3.73. The molecule has 0 bridgehead atoms. The molecule has 2 aliphatic heterocycles. The zero-order valence-electron chi connectivity index (χ0n) is 9.52. The molecule has 0 aromatic heterocycles. The van der Waals surface area contributed by atoms with Gasteiger partial charge in [0.15, 0.2) is 0 Å². The topological polar surface area (TPSA) is 58.6 Å². The predicted molar refractivity (Wildman–Crippen MR) is 66.0 cm³/mol. The van der Waals surface area contributed by atoms with Crippen molar-refractivity contribution < 1.29 is 14.3 Å². The quantitative estimate of drug-likeness (QED) is 0.441. The van der Waals surface area contributed by atoms with Crippen LogP contribution >= 0.6 is 12.6 Å². The Morgan fingerprint density at radius 1 is 1.35 bits per heavy atom. The third-order valence-corrected chi connectivity index (χ3v) is 3.36. The summed E-state index contributed by atoms with van der Waals surface area (Å²) in [4.78, 5) is 25.2. The third kappa shape index (κ3) is 2.32. The zero-order valence-corrected chi connectivity index (χ0v) is 10.4. The van der Waals surface area contributed by atoms with E-state index in [1.54, 1.807) is 6.08 Å². The van der Waals surface area contributed by atoms with Gasteiger partial charge in [-0.25, -0.2) is 4.79 Å². The van der Waals surface area contributed by atoms with E-state index in [4.69, 9.17) is 4.74 Å². The lowest BCUT2D eigenvalue weighted by Crippen LogP contribution is -2.51. The number of imide groups is 1. The van der Waals surface area contributed by atoms with Crippen LogP contribution in [0, 0.1) is 0 Å². The Morgan fingerprint density at radius 3 is 2.71 bits per heavy atom. The fourth-order valence-corrected chi connectivity index (χ4v) is 2.30. The van der Waals surface area contributed by atoms with Gasteiger partial charge in [0.25, 0.3) is 5.91 Å². The van der Waals surface area contributed by atoms with Gasteiger partial charge in [0.05, 0.1) is 0 Å². The Balaban J connectivity index is 2.07.